The zero-order valence-electron chi connectivity index (χ0n) is 13.2. The van der Waals surface area contributed by atoms with Gasteiger partial charge in [-0.1, -0.05) is 19.3 Å². The summed E-state index contributed by atoms with van der Waals surface area (Å²) >= 11 is 0. The van der Waals surface area contributed by atoms with Crippen LogP contribution in [0, 0.1) is 0 Å². The van der Waals surface area contributed by atoms with Crippen molar-refractivity contribution >= 4 is 15.8 Å². The molecular weight excluding hydrogens is 298 g/mol. The lowest BCUT2D eigenvalue weighted by atomic mass is 10.0. The minimum absolute atomic E-state index is 0.0259. The Morgan fingerprint density at radius 2 is 1.95 bits per heavy atom. The van der Waals surface area contributed by atoms with Gasteiger partial charge in [0.25, 0.3) is 0 Å². The maximum Gasteiger partial charge on any atom is 0.217 e. The first-order valence-electron chi connectivity index (χ1n) is 8.27. The van der Waals surface area contributed by atoms with E-state index in [0.717, 1.165) is 49.9 Å². The van der Waals surface area contributed by atoms with Crippen molar-refractivity contribution in [1.82, 2.24) is 9.29 Å². The quantitative estimate of drug-likeness (QED) is 0.925. The van der Waals surface area contributed by atoms with E-state index in [1.54, 1.807) is 10.5 Å². The highest BCUT2D eigenvalue weighted by Gasteiger charge is 2.40. The minimum Gasteiger partial charge on any atom is -0.373 e. The molecule has 1 atom stereocenters. The van der Waals surface area contributed by atoms with Crippen LogP contribution in [0.2, 0.25) is 0 Å². The van der Waals surface area contributed by atoms with Crippen LogP contribution in [0.3, 0.4) is 0 Å². The Hall–Kier alpha value is -1.14. The van der Waals surface area contributed by atoms with Crippen LogP contribution in [0.5, 0.6) is 0 Å². The first-order chi connectivity index (χ1) is 10.6. The maximum atomic E-state index is 13.0. The lowest BCUT2D eigenvalue weighted by Crippen LogP contribution is -2.39. The molecule has 5 nitrogen and oxygen atoms in total. The SMILES string of the molecule is CNc1cc([C@@H]2CCCN2S(=O)(=O)C2CCCCC2)ccn1. The number of nitrogens with one attached hydrogen (secondary N) is 1. The molecule has 0 spiro atoms. The van der Waals surface area contributed by atoms with Crippen molar-refractivity contribution in [3.05, 3.63) is 23.9 Å². The molecule has 0 bridgehead atoms. The number of aromatic nitrogens is 1. The van der Waals surface area contributed by atoms with Crippen molar-refractivity contribution in [2.75, 3.05) is 18.9 Å². The summed E-state index contributed by atoms with van der Waals surface area (Å²) in [5, 5.41) is 2.86. The van der Waals surface area contributed by atoms with Crippen molar-refractivity contribution < 1.29 is 8.42 Å². The lowest BCUT2D eigenvalue weighted by molar-refractivity contribution is 0.375. The normalized spacial score (nSPS) is 24.5. The predicted octanol–water partition coefficient (Wildman–Crippen LogP) is 2.92. The Morgan fingerprint density at radius 1 is 1.18 bits per heavy atom. The van der Waals surface area contributed by atoms with Crippen LogP contribution < -0.4 is 5.32 Å². The van der Waals surface area contributed by atoms with E-state index in [2.05, 4.69) is 10.3 Å². The summed E-state index contributed by atoms with van der Waals surface area (Å²) < 4.78 is 27.8. The van der Waals surface area contributed by atoms with Crippen LogP contribution in [-0.4, -0.2) is 36.5 Å². The summed E-state index contributed by atoms with van der Waals surface area (Å²) in [5.41, 5.74) is 1.05. The minimum atomic E-state index is -3.19. The fourth-order valence-electron chi connectivity index (χ4n) is 3.72. The van der Waals surface area contributed by atoms with Crippen molar-refractivity contribution in [2.24, 2.45) is 0 Å². The van der Waals surface area contributed by atoms with Crippen molar-refractivity contribution in [1.29, 1.82) is 0 Å². The van der Waals surface area contributed by atoms with Gasteiger partial charge in [0, 0.05) is 25.8 Å². The van der Waals surface area contributed by atoms with E-state index in [4.69, 9.17) is 0 Å². The molecule has 1 aliphatic carbocycles. The van der Waals surface area contributed by atoms with Crippen LogP contribution in [0.25, 0.3) is 0 Å². The van der Waals surface area contributed by atoms with Crippen molar-refractivity contribution in [2.45, 2.75) is 56.2 Å². The summed E-state index contributed by atoms with van der Waals surface area (Å²) in [6.07, 6.45) is 8.50. The lowest BCUT2D eigenvalue weighted by Gasteiger charge is -2.31. The standard InChI is InChI=1S/C16H25N3O2S/c1-17-16-12-13(9-10-18-16)15-8-5-11-19(15)22(20,21)14-6-3-2-4-7-14/h9-10,12,14-15H,2-8,11H2,1H3,(H,17,18)/t15-/m0/s1. The molecule has 0 aromatic carbocycles. The van der Waals surface area contributed by atoms with E-state index in [1.165, 1.54) is 6.42 Å². The molecule has 2 heterocycles. The molecule has 1 aromatic heterocycles. The van der Waals surface area contributed by atoms with Crippen LogP contribution >= 0.6 is 0 Å². The predicted molar refractivity (Wildman–Crippen MR) is 88.3 cm³/mol. The number of hydrogen-bond donors (Lipinski definition) is 1. The third-order valence-corrected chi connectivity index (χ3v) is 7.33. The van der Waals surface area contributed by atoms with Gasteiger partial charge in [-0.3, -0.25) is 0 Å². The third kappa shape index (κ3) is 2.99. The Balaban J connectivity index is 1.85. The topological polar surface area (TPSA) is 62.3 Å². The molecule has 2 fully saturated rings. The van der Waals surface area contributed by atoms with Gasteiger partial charge in [0.2, 0.25) is 10.0 Å². The molecule has 0 amide bonds. The highest BCUT2D eigenvalue weighted by Crippen LogP contribution is 2.38. The van der Waals surface area contributed by atoms with Crippen LogP contribution in [-0.2, 0) is 10.0 Å². The number of pyridine rings is 1. The van der Waals surface area contributed by atoms with Crippen molar-refractivity contribution in [3.63, 3.8) is 0 Å². The Bertz CT molecular complexity index is 612. The molecule has 2 aliphatic rings. The second-order valence-electron chi connectivity index (χ2n) is 6.30. The Kier molecular flexibility index (Phi) is 4.68. The van der Waals surface area contributed by atoms with Gasteiger partial charge < -0.3 is 5.32 Å². The summed E-state index contributed by atoms with van der Waals surface area (Å²) in [6, 6.07) is 3.89. The number of anilines is 1. The van der Waals surface area contributed by atoms with Crippen LogP contribution in [0.1, 0.15) is 56.6 Å². The molecule has 0 radical (unpaired) electrons. The largest absolute Gasteiger partial charge is 0.373 e. The zero-order valence-corrected chi connectivity index (χ0v) is 14.0. The van der Waals surface area contributed by atoms with Crippen LogP contribution in [0.4, 0.5) is 5.82 Å². The second kappa shape index (κ2) is 6.54. The second-order valence-corrected chi connectivity index (χ2v) is 8.46. The monoisotopic (exact) mass is 323 g/mol. The summed E-state index contributed by atoms with van der Waals surface area (Å²) in [6.45, 7) is 0.653. The summed E-state index contributed by atoms with van der Waals surface area (Å²) in [5.74, 6) is 0.791. The molecule has 6 heteroatoms. The van der Waals surface area contributed by atoms with E-state index in [9.17, 15) is 8.42 Å². The van der Waals surface area contributed by atoms with Gasteiger partial charge in [0.1, 0.15) is 5.82 Å². The molecule has 0 unspecified atom stereocenters. The fraction of sp³-hybridized carbons (Fsp3) is 0.688. The Labute approximate surface area is 133 Å². The van der Waals surface area contributed by atoms with Gasteiger partial charge in [0.15, 0.2) is 0 Å². The molecule has 1 saturated heterocycles. The average molecular weight is 323 g/mol. The molecule has 22 heavy (non-hydrogen) atoms. The summed E-state index contributed by atoms with van der Waals surface area (Å²) in [7, 11) is -1.36. The van der Waals surface area contributed by atoms with Crippen LogP contribution in [0.15, 0.2) is 18.3 Å². The smallest absolute Gasteiger partial charge is 0.217 e. The van der Waals surface area contributed by atoms with Gasteiger partial charge >= 0.3 is 0 Å². The van der Waals surface area contributed by atoms with E-state index in [-0.39, 0.29) is 11.3 Å². The molecule has 1 saturated carbocycles. The number of sulfonamides is 1. The first kappa shape index (κ1) is 15.7. The van der Waals surface area contributed by atoms with E-state index < -0.39 is 10.0 Å². The van der Waals surface area contributed by atoms with Gasteiger partial charge in [-0.15, -0.1) is 0 Å². The van der Waals surface area contributed by atoms with E-state index >= 15 is 0 Å². The number of rotatable bonds is 4. The molecule has 1 N–H and O–H groups in total. The Morgan fingerprint density at radius 3 is 2.68 bits per heavy atom. The number of hydrogen-bond acceptors (Lipinski definition) is 4. The molecule has 1 aromatic rings. The summed E-state index contributed by atoms with van der Waals surface area (Å²) in [4.78, 5) is 4.23. The van der Waals surface area contributed by atoms with Gasteiger partial charge in [0.05, 0.1) is 5.25 Å². The third-order valence-electron chi connectivity index (χ3n) is 4.93. The average Bonchev–Trinajstić information content (AvgIpc) is 3.06. The maximum absolute atomic E-state index is 13.0. The van der Waals surface area contributed by atoms with Gasteiger partial charge in [-0.25, -0.2) is 13.4 Å². The van der Waals surface area contributed by atoms with Gasteiger partial charge in [-0.05, 0) is 43.4 Å². The zero-order chi connectivity index (χ0) is 15.6. The molecular formula is C16H25N3O2S. The molecule has 122 valence electrons. The van der Waals surface area contributed by atoms with E-state index in [1.807, 2.05) is 19.2 Å². The van der Waals surface area contributed by atoms with E-state index in [0.29, 0.717) is 6.54 Å². The molecule has 1 aliphatic heterocycles. The first-order valence-corrected chi connectivity index (χ1v) is 9.77. The fourth-order valence-corrected chi connectivity index (χ4v) is 6.00. The highest BCUT2D eigenvalue weighted by atomic mass is 32.2. The van der Waals surface area contributed by atoms with Crippen molar-refractivity contribution in [3.8, 4) is 0 Å². The highest BCUT2D eigenvalue weighted by molar-refractivity contribution is 7.89. The molecule has 3 rings (SSSR count). The number of nitrogens with zero attached hydrogens (tertiary/aromatic N) is 2. The van der Waals surface area contributed by atoms with Gasteiger partial charge in [-0.2, -0.15) is 4.31 Å².